The number of urea groups is 1. The average molecular weight is 450 g/mol. The number of amides is 4. The number of imide groups is 1. The van der Waals surface area contributed by atoms with Gasteiger partial charge in [-0.3, -0.25) is 9.59 Å². The molecule has 0 bridgehead atoms. The molecule has 8 nitrogen and oxygen atoms in total. The van der Waals surface area contributed by atoms with E-state index in [1.54, 1.807) is 32.5 Å². The molecule has 1 unspecified atom stereocenters. The molecule has 0 saturated carbocycles. The third-order valence-corrected chi connectivity index (χ3v) is 6.42. The Balaban J connectivity index is 1.83. The van der Waals surface area contributed by atoms with Crippen molar-refractivity contribution < 1.29 is 23.7 Å². The summed E-state index contributed by atoms with van der Waals surface area (Å²) in [5.74, 6) is -0.961. The van der Waals surface area contributed by atoms with E-state index in [9.17, 15) is 14.4 Å². The van der Waals surface area contributed by atoms with Crippen LogP contribution in [0.4, 0.5) is 10.5 Å². The highest BCUT2D eigenvalue weighted by Gasteiger charge is 2.48. The molecule has 1 N–H and O–H groups in total. The van der Waals surface area contributed by atoms with Crippen LogP contribution in [0.25, 0.3) is 0 Å². The fourth-order valence-electron chi connectivity index (χ4n) is 3.15. The lowest BCUT2D eigenvalue weighted by atomic mass is 9.98. The third kappa shape index (κ3) is 4.33. The number of nitrogens with zero attached hydrogens (tertiary/aromatic N) is 3. The summed E-state index contributed by atoms with van der Waals surface area (Å²) in [4.78, 5) is 43.6. The number of benzene rings is 1. The van der Waals surface area contributed by atoms with Crippen molar-refractivity contribution in [3.8, 4) is 0 Å². The Morgan fingerprint density at radius 3 is 2.80 bits per heavy atom. The highest BCUT2D eigenvalue weighted by atomic mass is 35.5. The summed E-state index contributed by atoms with van der Waals surface area (Å²) in [6, 6.07) is 4.84. The van der Waals surface area contributed by atoms with Crippen LogP contribution < -0.4 is 5.32 Å². The van der Waals surface area contributed by atoms with Crippen molar-refractivity contribution in [3.63, 3.8) is 0 Å². The summed E-state index contributed by atoms with van der Waals surface area (Å²) in [6.07, 6.45) is 1.58. The number of fused-ring (bicyclic) bond motifs is 1. The molecule has 2 heterocycles. The highest BCUT2D eigenvalue weighted by molar-refractivity contribution is 8.03. The molecule has 10 heteroatoms. The summed E-state index contributed by atoms with van der Waals surface area (Å²) in [5, 5.41) is 3.37. The minimum Gasteiger partial charge on any atom is -0.380 e. The van der Waals surface area contributed by atoms with Crippen molar-refractivity contribution in [2.24, 2.45) is 10.9 Å². The number of aliphatic imine (C=N–C) groups is 1. The summed E-state index contributed by atoms with van der Waals surface area (Å²) in [5.41, 5.74) is 2.21. The number of dihydropyridines is 1. The Morgan fingerprint density at radius 2 is 2.13 bits per heavy atom. The number of rotatable bonds is 6. The van der Waals surface area contributed by atoms with Crippen LogP contribution in [0.3, 0.4) is 0 Å². The Kier molecular flexibility index (Phi) is 6.74. The summed E-state index contributed by atoms with van der Waals surface area (Å²) in [6.45, 7) is 2.12. The molecule has 1 atom stereocenters. The number of aryl methyl sites for hydroxylation is 1. The first kappa shape index (κ1) is 22.2. The molecule has 158 valence electrons. The number of amidine groups is 1. The Bertz CT molecular complexity index is 1020. The molecule has 30 heavy (non-hydrogen) atoms. The maximum Gasteiger partial charge on any atom is 0.445 e. The number of thioether (sulfide) groups is 1. The van der Waals surface area contributed by atoms with E-state index in [0.29, 0.717) is 27.0 Å². The second-order valence-electron chi connectivity index (χ2n) is 6.91. The quantitative estimate of drug-likeness (QED) is 0.674. The van der Waals surface area contributed by atoms with Crippen LogP contribution in [-0.2, 0) is 14.3 Å². The lowest BCUT2D eigenvalue weighted by molar-refractivity contribution is -0.407. The zero-order valence-corrected chi connectivity index (χ0v) is 18.6. The van der Waals surface area contributed by atoms with Gasteiger partial charge in [0.2, 0.25) is 5.91 Å². The van der Waals surface area contributed by atoms with Gasteiger partial charge in [0, 0.05) is 28.3 Å². The molecule has 3 rings (SSSR count). The monoisotopic (exact) mass is 449 g/mol. The number of hydrogen-bond donors (Lipinski definition) is 1. The minimum absolute atomic E-state index is 0.0698. The maximum absolute atomic E-state index is 12.9. The lowest BCUT2D eigenvalue weighted by Crippen LogP contribution is -2.53. The Hall–Kier alpha value is -2.49. The number of ether oxygens (including phenoxy) is 1. The number of halogens is 1. The normalized spacial score (nSPS) is 18.8. The van der Waals surface area contributed by atoms with Gasteiger partial charge in [-0.2, -0.15) is 9.48 Å². The molecule has 0 radical (unpaired) electrons. The van der Waals surface area contributed by atoms with Crippen LogP contribution in [0.5, 0.6) is 0 Å². The first-order valence-corrected chi connectivity index (χ1v) is 10.5. The van der Waals surface area contributed by atoms with Gasteiger partial charge in [-0.15, -0.1) is 16.8 Å². The van der Waals surface area contributed by atoms with Crippen molar-refractivity contribution in [3.05, 3.63) is 39.3 Å². The van der Waals surface area contributed by atoms with E-state index < -0.39 is 11.9 Å². The molecule has 0 saturated heterocycles. The maximum atomic E-state index is 12.9. The molecule has 4 amide bonds. The number of hydrogen-bond acceptors (Lipinski definition) is 6. The zero-order valence-electron chi connectivity index (χ0n) is 17.1. The fraction of sp³-hybridized carbons (Fsp3) is 0.350. The van der Waals surface area contributed by atoms with E-state index in [1.165, 1.54) is 23.4 Å². The van der Waals surface area contributed by atoms with E-state index in [4.69, 9.17) is 16.3 Å². The van der Waals surface area contributed by atoms with Crippen molar-refractivity contribution in [1.82, 2.24) is 4.90 Å². The van der Waals surface area contributed by atoms with Gasteiger partial charge in [-0.1, -0.05) is 17.7 Å². The smallest absolute Gasteiger partial charge is 0.380 e. The molecule has 1 aromatic carbocycles. The van der Waals surface area contributed by atoms with Crippen LogP contribution in [0.1, 0.15) is 5.56 Å². The summed E-state index contributed by atoms with van der Waals surface area (Å²) in [7, 11) is 4.55. The van der Waals surface area contributed by atoms with Crippen molar-refractivity contribution in [2.75, 3.05) is 38.9 Å². The molecular formula is C20H22ClN4O4S+. The summed E-state index contributed by atoms with van der Waals surface area (Å²) < 4.78 is 6.58. The molecule has 1 aromatic rings. The lowest BCUT2D eigenvalue weighted by Gasteiger charge is -2.28. The largest absolute Gasteiger partial charge is 0.445 e. The van der Waals surface area contributed by atoms with Gasteiger partial charge in [0.1, 0.15) is 6.21 Å². The molecule has 2 aliphatic rings. The minimum atomic E-state index is -0.750. The Labute approximate surface area is 183 Å². The van der Waals surface area contributed by atoms with Gasteiger partial charge in [0.15, 0.2) is 5.92 Å². The van der Waals surface area contributed by atoms with Gasteiger partial charge in [-0.05, 0) is 24.6 Å². The van der Waals surface area contributed by atoms with Crippen LogP contribution in [0, 0.1) is 12.8 Å². The molecule has 0 spiro atoms. The third-order valence-electron chi connectivity index (χ3n) is 4.80. The molecule has 0 aliphatic carbocycles. The highest BCUT2D eigenvalue weighted by Crippen LogP contribution is 2.35. The van der Waals surface area contributed by atoms with Gasteiger partial charge in [-0.25, -0.2) is 4.79 Å². The van der Waals surface area contributed by atoms with Crippen LogP contribution in [-0.4, -0.2) is 72.9 Å². The van der Waals surface area contributed by atoms with Crippen LogP contribution in [0.2, 0.25) is 5.02 Å². The van der Waals surface area contributed by atoms with Gasteiger partial charge < -0.3 is 10.1 Å². The SMILES string of the molecule is COCC1=C(SCC(=O)Nc2ccc(C)c(Cl)c2)C2C(=O)N(C)C(=O)[N+](C)=C2N=C1. The summed E-state index contributed by atoms with van der Waals surface area (Å²) >= 11 is 7.34. The number of carbonyl (C=O) groups excluding carboxylic acids is 3. The molecular weight excluding hydrogens is 428 g/mol. The van der Waals surface area contributed by atoms with E-state index in [-0.39, 0.29) is 24.2 Å². The number of nitrogens with one attached hydrogen (secondary N) is 1. The number of carbonyl (C=O) groups is 3. The number of methoxy groups -OCH3 is 1. The Morgan fingerprint density at radius 1 is 1.40 bits per heavy atom. The van der Waals surface area contributed by atoms with E-state index in [0.717, 1.165) is 10.5 Å². The first-order chi connectivity index (χ1) is 14.2. The zero-order chi connectivity index (χ0) is 22.0. The van der Waals surface area contributed by atoms with Crippen molar-refractivity contribution >= 4 is 58.9 Å². The van der Waals surface area contributed by atoms with Crippen LogP contribution >= 0.6 is 23.4 Å². The van der Waals surface area contributed by atoms with Gasteiger partial charge >= 0.3 is 11.9 Å². The van der Waals surface area contributed by atoms with E-state index in [2.05, 4.69) is 10.3 Å². The van der Waals surface area contributed by atoms with E-state index >= 15 is 0 Å². The molecule has 0 aromatic heterocycles. The van der Waals surface area contributed by atoms with Crippen molar-refractivity contribution in [2.45, 2.75) is 6.92 Å². The second kappa shape index (κ2) is 9.11. The average Bonchev–Trinajstić information content (AvgIpc) is 2.72. The number of anilines is 1. The van der Waals surface area contributed by atoms with Gasteiger partial charge in [0.25, 0.3) is 5.84 Å². The predicted molar refractivity (Wildman–Crippen MR) is 118 cm³/mol. The first-order valence-electron chi connectivity index (χ1n) is 9.11. The van der Waals surface area contributed by atoms with Crippen molar-refractivity contribution in [1.29, 1.82) is 0 Å². The molecule has 2 aliphatic heterocycles. The fourth-order valence-corrected chi connectivity index (χ4v) is 4.36. The second-order valence-corrected chi connectivity index (χ2v) is 8.34. The predicted octanol–water partition coefficient (Wildman–Crippen LogP) is 2.55. The van der Waals surface area contributed by atoms with Gasteiger partial charge in [0.05, 0.1) is 26.5 Å². The van der Waals surface area contributed by atoms with Crippen LogP contribution in [0.15, 0.2) is 33.7 Å². The standard InChI is InChI=1S/C20H21ClN4O4S/c1-11-5-6-13(7-14(11)21)23-15(26)10-30-17-12(9-29-4)8-22-18-16(17)19(27)25(3)20(28)24(18)2/h5-8,16H,9-10H2,1-4H3/p+1. The van der Waals surface area contributed by atoms with E-state index in [1.807, 2.05) is 13.0 Å². The molecule has 0 fully saturated rings. The topological polar surface area (TPSA) is 91.1 Å².